The fourth-order valence-electron chi connectivity index (χ4n) is 2.84. The average molecular weight is 286 g/mol. The van der Waals surface area contributed by atoms with Gasteiger partial charge in [0.2, 0.25) is 0 Å². The standard InChI is InChI=1S/C15H18N4O2/c20-19(21)15-4-3-14(13-10-17-7-5-12(13)15)18-9-11-2-1-6-16-8-11/h3-5,7,10-11,16,18H,1-2,6,8-9H2. The summed E-state index contributed by atoms with van der Waals surface area (Å²) in [5.41, 5.74) is 1.03. The lowest BCUT2D eigenvalue weighted by Crippen LogP contribution is -2.33. The number of fused-ring (bicyclic) bond motifs is 1. The maximum atomic E-state index is 11.1. The van der Waals surface area contributed by atoms with Gasteiger partial charge >= 0.3 is 0 Å². The molecule has 1 atom stereocenters. The number of non-ortho nitro benzene ring substituents is 1. The van der Waals surface area contributed by atoms with Crippen molar-refractivity contribution in [3.63, 3.8) is 0 Å². The smallest absolute Gasteiger partial charge is 0.277 e. The summed E-state index contributed by atoms with van der Waals surface area (Å²) < 4.78 is 0. The number of nitrogens with zero attached hydrogens (tertiary/aromatic N) is 2. The monoisotopic (exact) mass is 286 g/mol. The van der Waals surface area contributed by atoms with Crippen LogP contribution in [-0.2, 0) is 0 Å². The Kier molecular flexibility index (Phi) is 3.96. The van der Waals surface area contributed by atoms with Gasteiger partial charge in [0.15, 0.2) is 0 Å². The van der Waals surface area contributed by atoms with Crippen LogP contribution < -0.4 is 10.6 Å². The fourth-order valence-corrected chi connectivity index (χ4v) is 2.84. The van der Waals surface area contributed by atoms with Crippen molar-refractivity contribution in [2.24, 2.45) is 5.92 Å². The molecule has 0 bridgehead atoms. The van der Waals surface area contributed by atoms with E-state index in [4.69, 9.17) is 0 Å². The Morgan fingerprint density at radius 2 is 2.29 bits per heavy atom. The van der Waals surface area contributed by atoms with E-state index in [1.807, 2.05) is 0 Å². The Balaban J connectivity index is 1.85. The predicted octanol–water partition coefficient (Wildman–Crippen LogP) is 2.55. The van der Waals surface area contributed by atoms with Gasteiger partial charge in [-0.2, -0.15) is 0 Å². The molecule has 0 aliphatic carbocycles. The van der Waals surface area contributed by atoms with Gasteiger partial charge in [0, 0.05) is 36.1 Å². The van der Waals surface area contributed by atoms with Gasteiger partial charge in [-0.15, -0.1) is 0 Å². The molecule has 1 aliphatic rings. The van der Waals surface area contributed by atoms with Gasteiger partial charge in [-0.3, -0.25) is 15.1 Å². The molecule has 0 spiro atoms. The van der Waals surface area contributed by atoms with E-state index in [0.717, 1.165) is 30.7 Å². The summed E-state index contributed by atoms with van der Waals surface area (Å²) in [7, 11) is 0. The number of piperidine rings is 1. The molecule has 0 amide bonds. The lowest BCUT2D eigenvalue weighted by atomic mass is 9.99. The van der Waals surface area contributed by atoms with Crippen molar-refractivity contribution >= 4 is 22.1 Å². The highest BCUT2D eigenvalue weighted by Crippen LogP contribution is 2.30. The van der Waals surface area contributed by atoms with Crippen molar-refractivity contribution in [2.75, 3.05) is 25.0 Å². The Morgan fingerprint density at radius 1 is 1.38 bits per heavy atom. The number of nitro benzene ring substituents is 1. The number of hydrogen-bond donors (Lipinski definition) is 2. The number of pyridine rings is 1. The molecular formula is C15H18N4O2. The summed E-state index contributed by atoms with van der Waals surface area (Å²) in [6.07, 6.45) is 5.69. The number of benzene rings is 1. The van der Waals surface area contributed by atoms with Crippen LogP contribution in [0, 0.1) is 16.0 Å². The lowest BCUT2D eigenvalue weighted by Gasteiger charge is -2.23. The van der Waals surface area contributed by atoms with E-state index in [9.17, 15) is 10.1 Å². The SMILES string of the molecule is O=[N+]([O-])c1ccc(NCC2CCCNC2)c2cnccc12. The van der Waals surface area contributed by atoms with Crippen LogP contribution in [0.3, 0.4) is 0 Å². The molecule has 6 heteroatoms. The summed E-state index contributed by atoms with van der Waals surface area (Å²) in [5.74, 6) is 0.598. The van der Waals surface area contributed by atoms with Gasteiger partial charge in [-0.25, -0.2) is 0 Å². The van der Waals surface area contributed by atoms with E-state index in [-0.39, 0.29) is 10.6 Å². The average Bonchev–Trinajstić information content (AvgIpc) is 2.53. The first-order valence-electron chi connectivity index (χ1n) is 7.21. The summed E-state index contributed by atoms with van der Waals surface area (Å²) in [6, 6.07) is 5.03. The molecule has 1 aromatic carbocycles. The van der Waals surface area contributed by atoms with Crippen molar-refractivity contribution in [3.05, 3.63) is 40.7 Å². The largest absolute Gasteiger partial charge is 0.384 e. The van der Waals surface area contributed by atoms with E-state index in [1.165, 1.54) is 12.8 Å². The molecule has 6 nitrogen and oxygen atoms in total. The molecule has 1 saturated heterocycles. The van der Waals surface area contributed by atoms with E-state index in [1.54, 1.807) is 30.6 Å². The Morgan fingerprint density at radius 3 is 3.05 bits per heavy atom. The van der Waals surface area contributed by atoms with Gasteiger partial charge in [0.05, 0.1) is 10.3 Å². The van der Waals surface area contributed by atoms with Crippen molar-refractivity contribution in [3.8, 4) is 0 Å². The minimum absolute atomic E-state index is 0.122. The minimum atomic E-state index is -0.350. The third-order valence-corrected chi connectivity index (χ3v) is 3.97. The van der Waals surface area contributed by atoms with Crippen LogP contribution in [0.5, 0.6) is 0 Å². The molecule has 0 radical (unpaired) electrons. The van der Waals surface area contributed by atoms with Crippen molar-refractivity contribution in [2.45, 2.75) is 12.8 Å². The summed E-state index contributed by atoms with van der Waals surface area (Å²) in [4.78, 5) is 14.8. The molecule has 3 rings (SSSR count). The highest BCUT2D eigenvalue weighted by atomic mass is 16.6. The zero-order chi connectivity index (χ0) is 14.7. The molecule has 21 heavy (non-hydrogen) atoms. The van der Waals surface area contributed by atoms with Crippen LogP contribution in [0.25, 0.3) is 10.8 Å². The highest BCUT2D eigenvalue weighted by Gasteiger charge is 2.16. The number of anilines is 1. The van der Waals surface area contributed by atoms with Gasteiger partial charge in [0.1, 0.15) is 0 Å². The predicted molar refractivity (Wildman–Crippen MR) is 82.5 cm³/mol. The minimum Gasteiger partial charge on any atom is -0.384 e. The second-order valence-electron chi connectivity index (χ2n) is 5.40. The quantitative estimate of drug-likeness (QED) is 0.667. The topological polar surface area (TPSA) is 80.1 Å². The van der Waals surface area contributed by atoms with Gasteiger partial charge in [-0.1, -0.05) is 0 Å². The Hall–Kier alpha value is -2.21. The molecule has 2 N–H and O–H groups in total. The summed E-state index contributed by atoms with van der Waals surface area (Å²) >= 11 is 0. The molecule has 0 saturated carbocycles. The van der Waals surface area contributed by atoms with E-state index >= 15 is 0 Å². The first kappa shape index (κ1) is 13.8. The molecule has 2 heterocycles. The normalized spacial score (nSPS) is 18.6. The first-order chi connectivity index (χ1) is 10.3. The number of nitro groups is 1. The second-order valence-corrected chi connectivity index (χ2v) is 5.40. The van der Waals surface area contributed by atoms with Crippen LogP contribution >= 0.6 is 0 Å². The van der Waals surface area contributed by atoms with Crippen LogP contribution in [-0.4, -0.2) is 29.5 Å². The van der Waals surface area contributed by atoms with Crippen LogP contribution in [0.2, 0.25) is 0 Å². The highest BCUT2D eigenvalue weighted by molar-refractivity contribution is 5.99. The number of rotatable bonds is 4. The van der Waals surface area contributed by atoms with E-state index in [0.29, 0.717) is 11.3 Å². The third kappa shape index (κ3) is 2.95. The van der Waals surface area contributed by atoms with Gasteiger partial charge < -0.3 is 10.6 Å². The Bertz CT molecular complexity index is 653. The second kappa shape index (κ2) is 6.05. The molecule has 2 aromatic rings. The van der Waals surface area contributed by atoms with Crippen LogP contribution in [0.1, 0.15) is 12.8 Å². The van der Waals surface area contributed by atoms with E-state index < -0.39 is 0 Å². The maximum absolute atomic E-state index is 11.1. The van der Waals surface area contributed by atoms with Crippen LogP contribution in [0.4, 0.5) is 11.4 Å². The molecular weight excluding hydrogens is 268 g/mol. The molecule has 1 aliphatic heterocycles. The molecule has 110 valence electrons. The van der Waals surface area contributed by atoms with Gasteiger partial charge in [-0.05, 0) is 44.0 Å². The van der Waals surface area contributed by atoms with Crippen molar-refractivity contribution < 1.29 is 4.92 Å². The fraction of sp³-hybridized carbons (Fsp3) is 0.400. The number of nitrogens with one attached hydrogen (secondary N) is 2. The van der Waals surface area contributed by atoms with Crippen LogP contribution in [0.15, 0.2) is 30.6 Å². The van der Waals surface area contributed by atoms with Crippen molar-refractivity contribution in [1.29, 1.82) is 0 Å². The van der Waals surface area contributed by atoms with Crippen molar-refractivity contribution in [1.82, 2.24) is 10.3 Å². The van der Waals surface area contributed by atoms with E-state index in [2.05, 4.69) is 15.6 Å². The van der Waals surface area contributed by atoms with Gasteiger partial charge in [0.25, 0.3) is 5.69 Å². The third-order valence-electron chi connectivity index (χ3n) is 3.97. The summed E-state index contributed by atoms with van der Waals surface area (Å²) in [5, 5.41) is 19.3. The first-order valence-corrected chi connectivity index (χ1v) is 7.21. The molecule has 1 aromatic heterocycles. The maximum Gasteiger partial charge on any atom is 0.277 e. The zero-order valence-electron chi connectivity index (χ0n) is 11.7. The lowest BCUT2D eigenvalue weighted by molar-refractivity contribution is -0.383. The Labute approximate surface area is 122 Å². The number of hydrogen-bond acceptors (Lipinski definition) is 5. The summed E-state index contributed by atoms with van der Waals surface area (Å²) in [6.45, 7) is 2.99. The molecule has 1 fully saturated rings. The zero-order valence-corrected chi connectivity index (χ0v) is 11.7. The number of aromatic nitrogens is 1. The molecule has 1 unspecified atom stereocenters.